The molecule has 27 heavy (non-hydrogen) atoms. The maximum atomic E-state index is 12.5. The summed E-state index contributed by atoms with van der Waals surface area (Å²) in [5, 5.41) is 11.0. The molecule has 0 spiro atoms. The molecule has 0 aromatic heterocycles. The molecule has 2 unspecified atom stereocenters. The lowest BCUT2D eigenvalue weighted by Crippen LogP contribution is -2.24. The van der Waals surface area contributed by atoms with Crippen LogP contribution in [0.4, 0.5) is 0 Å². The molecular formula is C18H23NO7S. The van der Waals surface area contributed by atoms with Crippen LogP contribution in [0.15, 0.2) is 24.3 Å². The molecule has 1 amide bonds. The molecule has 1 fully saturated rings. The second-order valence-electron chi connectivity index (χ2n) is 5.66. The first-order chi connectivity index (χ1) is 12.8. The Bertz CT molecular complexity index is 669. The van der Waals surface area contributed by atoms with E-state index in [0.717, 1.165) is 0 Å². The number of carbonyl (C=O) groups is 4. The van der Waals surface area contributed by atoms with Crippen molar-refractivity contribution in [1.82, 2.24) is 5.32 Å². The highest BCUT2D eigenvalue weighted by Gasteiger charge is 2.25. The van der Waals surface area contributed by atoms with Crippen molar-refractivity contribution in [2.24, 2.45) is 5.92 Å². The number of amides is 1. The van der Waals surface area contributed by atoms with E-state index in [2.05, 4.69) is 10.1 Å². The van der Waals surface area contributed by atoms with E-state index in [1.165, 1.54) is 26.0 Å². The normalized spacial score (nSPS) is 14.0. The Kier molecular flexibility index (Phi) is 9.35. The maximum absolute atomic E-state index is 12.5. The van der Waals surface area contributed by atoms with Crippen molar-refractivity contribution >= 4 is 35.4 Å². The van der Waals surface area contributed by atoms with Crippen LogP contribution >= 0.6 is 11.8 Å². The maximum Gasteiger partial charge on any atom is 0.318 e. The van der Waals surface area contributed by atoms with Crippen molar-refractivity contribution in [3.8, 4) is 5.75 Å². The summed E-state index contributed by atoms with van der Waals surface area (Å²) < 4.78 is 9.65. The van der Waals surface area contributed by atoms with E-state index < -0.39 is 23.1 Å². The number of aliphatic carboxylic acids is 1. The number of esters is 1. The zero-order valence-corrected chi connectivity index (χ0v) is 16.2. The second-order valence-corrected chi connectivity index (χ2v) is 7.04. The lowest BCUT2D eigenvalue weighted by molar-refractivity contribution is -0.139. The van der Waals surface area contributed by atoms with Crippen LogP contribution in [0.1, 0.15) is 23.7 Å². The molecule has 1 aliphatic heterocycles. The number of Topliss-reactive ketones (excluding diaryl/α,β-unsaturated/α-hetero) is 1. The van der Waals surface area contributed by atoms with Gasteiger partial charge in [0.1, 0.15) is 5.75 Å². The fraction of sp³-hybridized carbons (Fsp3) is 0.444. The van der Waals surface area contributed by atoms with Gasteiger partial charge in [0, 0.05) is 17.2 Å². The van der Waals surface area contributed by atoms with Crippen molar-refractivity contribution in [2.75, 3.05) is 26.5 Å². The summed E-state index contributed by atoms with van der Waals surface area (Å²) in [6.45, 7) is 2.26. The molecule has 2 rings (SSSR count). The summed E-state index contributed by atoms with van der Waals surface area (Å²) in [6.07, 6.45) is -0.286. The van der Waals surface area contributed by atoms with Crippen molar-refractivity contribution in [3.05, 3.63) is 29.8 Å². The Morgan fingerprint density at radius 3 is 2.19 bits per heavy atom. The Balaban J connectivity index is 0.000000800. The average Bonchev–Trinajstić information content (AvgIpc) is 3.45. The number of methoxy groups -OCH3 is 2. The minimum absolute atomic E-state index is 0.167. The molecule has 0 bridgehead atoms. The molecule has 1 saturated heterocycles. The van der Waals surface area contributed by atoms with Crippen molar-refractivity contribution in [3.63, 3.8) is 0 Å². The first-order valence-corrected chi connectivity index (χ1v) is 9.19. The minimum atomic E-state index is -1.05. The molecule has 0 saturated carbocycles. The fourth-order valence-corrected chi connectivity index (χ4v) is 2.98. The van der Waals surface area contributed by atoms with E-state index in [1.54, 1.807) is 31.2 Å². The smallest absolute Gasteiger partial charge is 0.318 e. The predicted octanol–water partition coefficient (Wildman–Crippen LogP) is 1.38. The molecule has 0 radical (unpaired) electrons. The van der Waals surface area contributed by atoms with Crippen LogP contribution in [0, 0.1) is 5.92 Å². The SMILES string of the molecule is COC(=O)C(C)SCC(CC(=O)O)C(=O)c1ccc(OC)cc1.O=C1CN1. The number of hydrogen-bond donors (Lipinski definition) is 2. The first-order valence-electron chi connectivity index (χ1n) is 8.14. The van der Waals surface area contributed by atoms with Gasteiger partial charge in [0.2, 0.25) is 5.91 Å². The quantitative estimate of drug-likeness (QED) is 0.363. The van der Waals surface area contributed by atoms with E-state index in [1.807, 2.05) is 0 Å². The van der Waals surface area contributed by atoms with E-state index in [-0.39, 0.29) is 23.9 Å². The van der Waals surface area contributed by atoms with Crippen LogP contribution in [-0.2, 0) is 19.1 Å². The third-order valence-electron chi connectivity index (χ3n) is 3.57. The number of ether oxygens (including phenoxy) is 2. The summed E-state index contributed by atoms with van der Waals surface area (Å²) >= 11 is 1.21. The lowest BCUT2D eigenvalue weighted by atomic mass is 9.96. The Hall–Kier alpha value is -2.55. The number of hydrogen-bond acceptors (Lipinski definition) is 7. The molecule has 148 valence electrons. The van der Waals surface area contributed by atoms with E-state index in [9.17, 15) is 19.2 Å². The summed E-state index contributed by atoms with van der Waals surface area (Å²) in [5.41, 5.74) is 0.420. The molecule has 9 heteroatoms. The number of carboxylic acids is 1. The highest BCUT2D eigenvalue weighted by Crippen LogP contribution is 2.23. The van der Waals surface area contributed by atoms with Gasteiger partial charge in [-0.05, 0) is 31.2 Å². The zero-order valence-electron chi connectivity index (χ0n) is 15.4. The highest BCUT2D eigenvalue weighted by molar-refractivity contribution is 8.00. The van der Waals surface area contributed by atoms with Crippen molar-refractivity contribution in [2.45, 2.75) is 18.6 Å². The van der Waals surface area contributed by atoms with E-state index >= 15 is 0 Å². The van der Waals surface area contributed by atoms with Crippen LogP contribution in [0.25, 0.3) is 0 Å². The lowest BCUT2D eigenvalue weighted by Gasteiger charge is -2.16. The topological polar surface area (TPSA) is 129 Å². The molecular weight excluding hydrogens is 374 g/mol. The number of rotatable bonds is 9. The van der Waals surface area contributed by atoms with Crippen LogP contribution in [-0.4, -0.2) is 60.5 Å². The van der Waals surface area contributed by atoms with Gasteiger partial charge in [-0.3, -0.25) is 19.2 Å². The molecule has 8 nitrogen and oxygen atoms in total. The minimum Gasteiger partial charge on any atom is -0.497 e. The monoisotopic (exact) mass is 397 g/mol. The summed E-state index contributed by atoms with van der Waals surface area (Å²) in [7, 11) is 2.81. The second kappa shape index (κ2) is 11.2. The molecule has 1 aliphatic rings. The number of carboxylic acid groups (broad SMARTS) is 1. The first kappa shape index (κ1) is 22.5. The van der Waals surface area contributed by atoms with Crippen LogP contribution in [0.2, 0.25) is 0 Å². The summed E-state index contributed by atoms with van der Waals surface area (Å²) in [5.74, 6) is -1.42. The van der Waals surface area contributed by atoms with Gasteiger partial charge in [-0.1, -0.05) is 0 Å². The van der Waals surface area contributed by atoms with Crippen molar-refractivity contribution < 1.29 is 33.8 Å². The third-order valence-corrected chi connectivity index (χ3v) is 4.86. The van der Waals surface area contributed by atoms with Gasteiger partial charge < -0.3 is 19.9 Å². The molecule has 2 N–H and O–H groups in total. The van der Waals surface area contributed by atoms with E-state index in [4.69, 9.17) is 9.84 Å². The van der Waals surface area contributed by atoms with Crippen LogP contribution in [0.5, 0.6) is 5.75 Å². The van der Waals surface area contributed by atoms with Crippen molar-refractivity contribution in [1.29, 1.82) is 0 Å². The van der Waals surface area contributed by atoms with Gasteiger partial charge >= 0.3 is 11.9 Å². The summed E-state index contributed by atoms with van der Waals surface area (Å²) in [4.78, 5) is 44.3. The number of thioether (sulfide) groups is 1. The standard InChI is InChI=1S/C16H20O6S.C2H3NO/c1-10(16(20)22-3)23-9-12(8-14(17)18)15(19)11-4-6-13(21-2)7-5-11;4-2-1-3-2/h4-7,10,12H,8-9H2,1-3H3,(H,17,18);1H2,(H,3,4). The number of benzene rings is 1. The Labute approximate surface area is 161 Å². The van der Waals surface area contributed by atoms with Crippen LogP contribution in [0.3, 0.4) is 0 Å². The van der Waals surface area contributed by atoms with Gasteiger partial charge in [-0.15, -0.1) is 11.8 Å². The largest absolute Gasteiger partial charge is 0.497 e. The van der Waals surface area contributed by atoms with E-state index in [0.29, 0.717) is 17.9 Å². The average molecular weight is 397 g/mol. The van der Waals surface area contributed by atoms with Gasteiger partial charge in [-0.25, -0.2) is 0 Å². The number of carbonyl (C=O) groups excluding carboxylic acids is 3. The number of nitrogens with one attached hydrogen (secondary N) is 1. The van der Waals surface area contributed by atoms with Gasteiger partial charge in [0.25, 0.3) is 0 Å². The van der Waals surface area contributed by atoms with Gasteiger partial charge in [0.05, 0.1) is 32.4 Å². The molecule has 1 aromatic rings. The fourth-order valence-electron chi connectivity index (χ4n) is 1.96. The third kappa shape index (κ3) is 8.59. The summed E-state index contributed by atoms with van der Waals surface area (Å²) in [6, 6.07) is 6.50. The molecule has 1 heterocycles. The Morgan fingerprint density at radius 1 is 1.22 bits per heavy atom. The van der Waals surface area contributed by atoms with Gasteiger partial charge in [0.15, 0.2) is 5.78 Å². The Morgan fingerprint density at radius 2 is 1.78 bits per heavy atom. The highest BCUT2D eigenvalue weighted by atomic mass is 32.2. The predicted molar refractivity (Wildman–Crippen MR) is 100 cm³/mol. The van der Waals surface area contributed by atoms with Crippen LogP contribution < -0.4 is 10.1 Å². The van der Waals surface area contributed by atoms with Gasteiger partial charge in [-0.2, -0.15) is 0 Å². The zero-order chi connectivity index (χ0) is 20.4. The number of ketones is 1. The molecule has 1 aromatic carbocycles. The molecule has 2 atom stereocenters. The molecule has 0 aliphatic carbocycles.